The molecular weight excluding hydrogens is 664 g/mol. The lowest BCUT2D eigenvalue weighted by molar-refractivity contribution is -0.165. The summed E-state index contributed by atoms with van der Waals surface area (Å²) in [6, 6.07) is 5.89. The van der Waals surface area contributed by atoms with Crippen molar-refractivity contribution in [2.24, 2.45) is 5.92 Å². The van der Waals surface area contributed by atoms with Crippen LogP contribution in [0.5, 0.6) is 5.75 Å². The molecule has 2 aliphatic heterocycles. The average molecular weight is 717 g/mol. The van der Waals surface area contributed by atoms with Gasteiger partial charge < -0.3 is 24.2 Å². The van der Waals surface area contributed by atoms with E-state index in [-0.39, 0.29) is 56.1 Å². The quantitative estimate of drug-likeness (QED) is 0.139. The Kier molecular flexibility index (Phi) is 13.7. The molecule has 1 saturated heterocycles. The van der Waals surface area contributed by atoms with Crippen LogP contribution in [0.15, 0.2) is 35.4 Å². The number of hydrogen-bond acceptors (Lipinski definition) is 11. The number of allylic oxidation sites excluding steroid dienone is 1. The number of aliphatic carboxylic acids is 1. The summed E-state index contributed by atoms with van der Waals surface area (Å²) in [5, 5.41) is 16.5. The van der Waals surface area contributed by atoms with Gasteiger partial charge in [0.15, 0.2) is 11.4 Å². The number of carbonyl (C=O) groups is 5. The van der Waals surface area contributed by atoms with Crippen molar-refractivity contribution >= 4 is 41.3 Å². The minimum Gasteiger partial charge on any atom is -0.490 e. The van der Waals surface area contributed by atoms with E-state index in [1.165, 1.54) is 23.8 Å². The van der Waals surface area contributed by atoms with Crippen molar-refractivity contribution < 1.29 is 43.3 Å². The third-order valence-electron chi connectivity index (χ3n) is 9.17. The number of ether oxygens (including phenoxy) is 3. The molecule has 1 aliphatic carbocycles. The zero-order chi connectivity index (χ0) is 36.5. The molecule has 3 aliphatic rings. The normalized spacial score (nSPS) is 20.2. The van der Waals surface area contributed by atoms with Crippen molar-refractivity contribution in [1.82, 2.24) is 20.2 Å². The third-order valence-corrected chi connectivity index (χ3v) is 9.96. The summed E-state index contributed by atoms with van der Waals surface area (Å²) >= 11 is 1.41. The number of thioether (sulfide) groups is 1. The number of carbonyl (C=O) groups excluding carboxylic acids is 4. The van der Waals surface area contributed by atoms with Crippen molar-refractivity contribution in [3.8, 4) is 5.75 Å². The third kappa shape index (κ3) is 9.38. The molecule has 0 aromatic heterocycles. The summed E-state index contributed by atoms with van der Waals surface area (Å²) in [5.41, 5.74) is -1.47. The first-order valence-electron chi connectivity index (χ1n) is 17.5. The Labute approximate surface area is 299 Å². The Morgan fingerprint density at radius 3 is 2.42 bits per heavy atom. The molecule has 14 heteroatoms. The molecule has 4 rings (SSSR count). The highest BCUT2D eigenvalue weighted by molar-refractivity contribution is 8.02. The maximum absolute atomic E-state index is 15.4. The Balaban J connectivity index is 1.67. The monoisotopic (exact) mass is 716 g/mol. The molecule has 2 heterocycles. The van der Waals surface area contributed by atoms with E-state index in [9.17, 15) is 19.2 Å². The van der Waals surface area contributed by atoms with Gasteiger partial charge in [0.1, 0.15) is 24.0 Å². The van der Waals surface area contributed by atoms with Crippen LogP contribution in [0.3, 0.4) is 0 Å². The summed E-state index contributed by atoms with van der Waals surface area (Å²) in [6.07, 6.45) is 4.62. The van der Waals surface area contributed by atoms with Gasteiger partial charge in [-0.1, -0.05) is 38.3 Å². The second-order valence-electron chi connectivity index (χ2n) is 13.9. The number of carboxylic acids is 1. The largest absolute Gasteiger partial charge is 0.490 e. The first kappa shape index (κ1) is 39.2. The van der Waals surface area contributed by atoms with E-state index in [2.05, 4.69) is 5.32 Å². The highest BCUT2D eigenvalue weighted by Crippen LogP contribution is 2.41. The fourth-order valence-electron chi connectivity index (χ4n) is 6.81. The summed E-state index contributed by atoms with van der Waals surface area (Å²) in [4.78, 5) is 69.5. The molecule has 2 atom stereocenters. The van der Waals surface area contributed by atoms with Crippen LogP contribution in [0, 0.1) is 5.92 Å². The summed E-state index contributed by atoms with van der Waals surface area (Å²) in [6.45, 7) is 7.82. The molecule has 13 nitrogen and oxygen atoms in total. The maximum Gasteiger partial charge on any atom is 0.429 e. The highest BCUT2D eigenvalue weighted by atomic mass is 32.2. The average Bonchev–Trinajstić information content (AvgIpc) is 3.79. The molecule has 2 amide bonds. The van der Waals surface area contributed by atoms with Crippen LogP contribution in [-0.4, -0.2) is 106 Å². The number of hydrazine groups is 1. The number of nitrogens with one attached hydrogen (secondary N) is 1. The number of nitrogens with zero attached hydrogens (tertiary/aromatic N) is 3. The molecule has 0 unspecified atom stereocenters. The van der Waals surface area contributed by atoms with Gasteiger partial charge in [0, 0.05) is 18.9 Å². The first-order chi connectivity index (χ1) is 23.8. The lowest BCUT2D eigenvalue weighted by Crippen LogP contribution is -2.69. The first-order valence-corrected chi connectivity index (χ1v) is 18.6. The number of benzene rings is 1. The van der Waals surface area contributed by atoms with Crippen LogP contribution in [0.25, 0.3) is 0 Å². The van der Waals surface area contributed by atoms with Gasteiger partial charge in [0.05, 0.1) is 36.8 Å². The smallest absolute Gasteiger partial charge is 0.429 e. The second-order valence-corrected chi connectivity index (χ2v) is 14.7. The van der Waals surface area contributed by atoms with E-state index in [0.717, 1.165) is 37.1 Å². The zero-order valence-electron chi connectivity index (χ0n) is 29.9. The molecule has 50 heavy (non-hydrogen) atoms. The van der Waals surface area contributed by atoms with Crippen LogP contribution in [0.2, 0.25) is 0 Å². The van der Waals surface area contributed by atoms with Crippen LogP contribution in [0.1, 0.15) is 95.8 Å². The molecule has 2 N–H and O–H groups in total. The Morgan fingerprint density at radius 1 is 1.06 bits per heavy atom. The maximum atomic E-state index is 15.4. The minimum atomic E-state index is -1.30. The van der Waals surface area contributed by atoms with Crippen molar-refractivity contribution in [3.63, 3.8) is 0 Å². The lowest BCUT2D eigenvalue weighted by Gasteiger charge is -2.47. The van der Waals surface area contributed by atoms with Crippen molar-refractivity contribution in [2.75, 3.05) is 39.3 Å². The number of para-hydroxylation sites is 1. The van der Waals surface area contributed by atoms with E-state index in [0.29, 0.717) is 42.3 Å². The van der Waals surface area contributed by atoms with E-state index in [1.54, 1.807) is 57.4 Å². The van der Waals surface area contributed by atoms with Gasteiger partial charge >= 0.3 is 12.1 Å². The fraction of sp³-hybridized carbons (Fsp3) is 0.639. The number of carboxylic acid groups (broad SMARTS) is 1. The van der Waals surface area contributed by atoms with Gasteiger partial charge in [-0.05, 0) is 71.0 Å². The van der Waals surface area contributed by atoms with Gasteiger partial charge in [-0.15, -0.1) is 11.8 Å². The molecule has 2 fully saturated rings. The molecule has 0 spiro atoms. The Morgan fingerprint density at radius 2 is 1.78 bits per heavy atom. The molecule has 0 radical (unpaired) electrons. The number of ketones is 2. The molecule has 276 valence electrons. The van der Waals surface area contributed by atoms with Gasteiger partial charge in [-0.3, -0.25) is 24.5 Å². The standard InChI is InChI=1S/C36H52N4O9S/c1-6-29(41)40(38(5)34(46)49-35(2,3)4)31(25-13-8-7-9-14-25)33(45)36(18-12-19-37-36)39-24-50-23-27(39)32(44)26-15-10-11-16-28(26)48-22-21-47-20-17-30(42)43/h10-11,15-16,23,25,31,37H,6-9,12-14,17-22,24H2,1-5H3,(H,42,43)/t31-,36-/m0/s1. The zero-order valence-corrected chi connectivity index (χ0v) is 30.7. The number of amides is 2. The Bertz CT molecular complexity index is 1420. The summed E-state index contributed by atoms with van der Waals surface area (Å²) in [7, 11) is 1.48. The SMILES string of the molecule is CCC(=O)N([C@H](C(=O)[C@@]1(N2CSC=C2C(=O)c2ccccc2OCCOCCC(=O)O)CCCN1)C1CCCCC1)N(C)C(=O)OC(C)(C)C. The molecule has 1 aromatic rings. The van der Waals surface area contributed by atoms with Crippen LogP contribution >= 0.6 is 11.8 Å². The summed E-state index contributed by atoms with van der Waals surface area (Å²) in [5.74, 6) is -1.40. The molecule has 0 bridgehead atoms. The van der Waals surface area contributed by atoms with Gasteiger partial charge in [0.2, 0.25) is 11.7 Å². The second kappa shape index (κ2) is 17.5. The number of rotatable bonds is 15. The van der Waals surface area contributed by atoms with Crippen molar-refractivity contribution in [1.29, 1.82) is 0 Å². The number of Topliss-reactive ketones (excluding diaryl/α,β-unsaturated/α-hetero) is 2. The van der Waals surface area contributed by atoms with Crippen LogP contribution in [0.4, 0.5) is 4.79 Å². The van der Waals surface area contributed by atoms with Gasteiger partial charge in [0.25, 0.3) is 0 Å². The van der Waals surface area contributed by atoms with E-state index in [4.69, 9.17) is 19.3 Å². The van der Waals surface area contributed by atoms with E-state index >= 15 is 4.79 Å². The molecule has 1 saturated carbocycles. The molecule has 1 aromatic carbocycles. The van der Waals surface area contributed by atoms with Crippen molar-refractivity contribution in [2.45, 2.75) is 103 Å². The minimum absolute atomic E-state index is 0.0537. The van der Waals surface area contributed by atoms with Crippen LogP contribution in [-0.2, 0) is 23.9 Å². The topological polar surface area (TPSA) is 155 Å². The predicted molar refractivity (Wildman–Crippen MR) is 188 cm³/mol. The number of hydrogen-bond donors (Lipinski definition) is 2. The van der Waals surface area contributed by atoms with E-state index in [1.807, 2.05) is 4.90 Å². The lowest BCUT2D eigenvalue weighted by atomic mass is 9.78. The van der Waals surface area contributed by atoms with E-state index < -0.39 is 29.4 Å². The summed E-state index contributed by atoms with van der Waals surface area (Å²) < 4.78 is 16.9. The Hall–Kier alpha value is -3.62. The van der Waals surface area contributed by atoms with Crippen LogP contribution < -0.4 is 10.1 Å². The fourth-order valence-corrected chi connectivity index (χ4v) is 7.79. The predicted octanol–water partition coefficient (Wildman–Crippen LogP) is 5.21. The highest BCUT2D eigenvalue weighted by Gasteiger charge is 2.55. The van der Waals surface area contributed by atoms with Gasteiger partial charge in [-0.2, -0.15) is 0 Å². The molecular formula is C36H52N4O9S. The van der Waals surface area contributed by atoms with Crippen molar-refractivity contribution in [3.05, 3.63) is 40.9 Å². The van der Waals surface area contributed by atoms with Gasteiger partial charge in [-0.25, -0.2) is 14.8 Å².